The van der Waals surface area contributed by atoms with Crippen molar-refractivity contribution in [2.75, 3.05) is 13.7 Å². The summed E-state index contributed by atoms with van der Waals surface area (Å²) in [6, 6.07) is 0.560. The molecule has 0 bridgehead atoms. The second kappa shape index (κ2) is 42.9. The van der Waals surface area contributed by atoms with Crippen LogP contribution >= 0.6 is 0 Å². The molecule has 3 N–H and O–H groups in total. The summed E-state index contributed by atoms with van der Waals surface area (Å²) in [5.41, 5.74) is 0. The number of hydrogen-bond donors (Lipinski definition) is 3. The number of rotatable bonds is 5. The van der Waals surface area contributed by atoms with Crippen LogP contribution in [0.4, 0.5) is 0 Å². The van der Waals surface area contributed by atoms with E-state index in [1.165, 1.54) is 12.8 Å². The quantitative estimate of drug-likeness (QED) is 0.662. The highest BCUT2D eigenvalue weighted by Gasteiger charge is 2.17. The molecule has 23 heavy (non-hydrogen) atoms. The largest absolute Gasteiger partial charge is 0.400 e. The fraction of sp³-hybridized carbons (Fsp3) is 0.737. The van der Waals surface area contributed by atoms with Crippen molar-refractivity contribution in [1.29, 1.82) is 0 Å². The summed E-state index contributed by atoms with van der Waals surface area (Å²) in [5.74, 6) is 0. The van der Waals surface area contributed by atoms with Gasteiger partial charge in [-0.15, -0.1) is 13.2 Å². The normalized spacial score (nSPS) is 14.9. The molecule has 142 valence electrons. The lowest BCUT2D eigenvalue weighted by Crippen LogP contribution is -2.26. The van der Waals surface area contributed by atoms with Gasteiger partial charge in [-0.25, -0.2) is 0 Å². The molecule has 0 aliphatic carbocycles. The van der Waals surface area contributed by atoms with E-state index in [-0.39, 0.29) is 6.10 Å². The summed E-state index contributed by atoms with van der Waals surface area (Å²) in [6.45, 7) is 20.0. The Morgan fingerprint density at radius 2 is 1.61 bits per heavy atom. The molecule has 1 aliphatic heterocycles. The molecule has 0 aromatic heterocycles. The van der Waals surface area contributed by atoms with Crippen molar-refractivity contribution >= 4 is 6.79 Å². The van der Waals surface area contributed by atoms with Crippen LogP contribution in [0, 0.1) is 0 Å². The van der Waals surface area contributed by atoms with Crippen molar-refractivity contribution in [2.45, 2.75) is 78.9 Å². The third-order valence-corrected chi connectivity index (χ3v) is 2.42. The van der Waals surface area contributed by atoms with Gasteiger partial charge >= 0.3 is 0 Å². The third-order valence-electron chi connectivity index (χ3n) is 2.42. The van der Waals surface area contributed by atoms with E-state index in [9.17, 15) is 5.11 Å². The lowest BCUT2D eigenvalue weighted by atomic mass is 10.0. The van der Waals surface area contributed by atoms with E-state index in [1.807, 2.05) is 47.5 Å². The molecule has 0 spiro atoms. The maximum Gasteiger partial charge on any atom is 0.106 e. The van der Waals surface area contributed by atoms with Crippen molar-refractivity contribution in [1.82, 2.24) is 5.32 Å². The molecule has 4 nitrogen and oxygen atoms in total. The maximum absolute atomic E-state index is 9.55. The fourth-order valence-corrected chi connectivity index (χ4v) is 1.71. The zero-order valence-electron chi connectivity index (χ0n) is 16.5. The molecule has 0 amide bonds. The number of allylic oxidation sites excluding steroid dienone is 2. The van der Waals surface area contributed by atoms with Gasteiger partial charge in [0, 0.05) is 13.2 Å². The predicted octanol–water partition coefficient (Wildman–Crippen LogP) is 4.12. The van der Waals surface area contributed by atoms with Gasteiger partial charge in [0.1, 0.15) is 6.79 Å². The molecular weight excluding hydrogens is 290 g/mol. The van der Waals surface area contributed by atoms with Gasteiger partial charge in [0.2, 0.25) is 0 Å². The molecule has 2 unspecified atom stereocenters. The highest BCUT2D eigenvalue weighted by molar-refractivity contribution is 5.10. The summed E-state index contributed by atoms with van der Waals surface area (Å²) < 4.78 is 0. The lowest BCUT2D eigenvalue weighted by Gasteiger charge is -2.14. The average Bonchev–Trinajstić information content (AvgIpc) is 3.14. The molecule has 4 heteroatoms. The second-order valence-corrected chi connectivity index (χ2v) is 3.96. The van der Waals surface area contributed by atoms with Crippen LogP contribution in [-0.2, 0) is 4.79 Å². The zero-order chi connectivity index (χ0) is 19.5. The van der Waals surface area contributed by atoms with Gasteiger partial charge in [-0.3, -0.25) is 0 Å². The Morgan fingerprint density at radius 3 is 1.91 bits per heavy atom. The van der Waals surface area contributed by atoms with Crippen LogP contribution < -0.4 is 5.32 Å². The van der Waals surface area contributed by atoms with Crippen LogP contribution in [0.5, 0.6) is 0 Å². The van der Waals surface area contributed by atoms with Crippen LogP contribution in [0.15, 0.2) is 25.3 Å². The molecule has 1 heterocycles. The number of carbonyl (C=O) groups excluding carboxylic acids is 1. The van der Waals surface area contributed by atoms with E-state index in [2.05, 4.69) is 18.5 Å². The highest BCUT2D eigenvalue weighted by Crippen LogP contribution is 2.13. The number of carbonyl (C=O) groups is 1. The Kier molecular flexibility index (Phi) is 62.6. The number of aliphatic hydroxyl groups excluding tert-OH is 2. The van der Waals surface area contributed by atoms with Crippen LogP contribution in [0.1, 0.15) is 66.7 Å². The van der Waals surface area contributed by atoms with Gasteiger partial charge < -0.3 is 20.3 Å². The third kappa shape index (κ3) is 38.7. The molecule has 0 radical (unpaired) electrons. The second-order valence-electron chi connectivity index (χ2n) is 3.96. The van der Waals surface area contributed by atoms with Crippen LogP contribution in [0.3, 0.4) is 0 Å². The molecule has 1 rings (SSSR count). The smallest absolute Gasteiger partial charge is 0.106 e. The van der Waals surface area contributed by atoms with E-state index < -0.39 is 0 Å². The monoisotopic (exact) mass is 333 g/mol. The van der Waals surface area contributed by atoms with Gasteiger partial charge in [-0.2, -0.15) is 0 Å². The highest BCUT2D eigenvalue weighted by atomic mass is 16.3. The average molecular weight is 334 g/mol. The first kappa shape index (κ1) is 33.6. The van der Waals surface area contributed by atoms with Gasteiger partial charge in [0.25, 0.3) is 0 Å². The minimum atomic E-state index is -0.140. The summed E-state index contributed by atoms with van der Waals surface area (Å²) in [4.78, 5) is 8.00. The first-order valence-electron chi connectivity index (χ1n) is 8.57. The van der Waals surface area contributed by atoms with E-state index in [4.69, 9.17) is 9.90 Å². The van der Waals surface area contributed by atoms with Crippen molar-refractivity contribution in [3.05, 3.63) is 25.3 Å². The Bertz CT molecular complexity index is 181. The Hall–Kier alpha value is -0.970. The lowest BCUT2D eigenvalue weighted by molar-refractivity contribution is -0.0979. The van der Waals surface area contributed by atoms with Crippen molar-refractivity contribution in [3.8, 4) is 0 Å². The first-order valence-corrected chi connectivity index (χ1v) is 8.57. The van der Waals surface area contributed by atoms with Gasteiger partial charge in [0.15, 0.2) is 0 Å². The summed E-state index contributed by atoms with van der Waals surface area (Å²) in [5, 5.41) is 19.9. The van der Waals surface area contributed by atoms with E-state index in [0.717, 1.165) is 32.9 Å². The number of hydrogen-bond acceptors (Lipinski definition) is 4. The summed E-state index contributed by atoms with van der Waals surface area (Å²) >= 11 is 0. The molecule has 1 saturated heterocycles. The van der Waals surface area contributed by atoms with Gasteiger partial charge in [-0.05, 0) is 45.6 Å². The van der Waals surface area contributed by atoms with E-state index >= 15 is 0 Å². The fourth-order valence-electron chi connectivity index (χ4n) is 1.71. The molecule has 0 saturated carbocycles. The van der Waals surface area contributed by atoms with Gasteiger partial charge in [-0.1, -0.05) is 39.8 Å². The Morgan fingerprint density at radius 1 is 1.17 bits per heavy atom. The maximum atomic E-state index is 9.55. The van der Waals surface area contributed by atoms with Crippen LogP contribution in [0.2, 0.25) is 0 Å². The van der Waals surface area contributed by atoms with Crippen LogP contribution in [0.25, 0.3) is 0 Å². The van der Waals surface area contributed by atoms with Crippen molar-refractivity contribution in [3.63, 3.8) is 0 Å². The molecule has 0 aromatic carbocycles. The van der Waals surface area contributed by atoms with E-state index in [1.54, 1.807) is 6.08 Å². The zero-order valence-corrected chi connectivity index (χ0v) is 16.5. The molecular formula is C19H43NO3. The van der Waals surface area contributed by atoms with Gasteiger partial charge in [0.05, 0.1) is 6.10 Å². The topological polar surface area (TPSA) is 69.6 Å². The SMILES string of the molecule is C=CC.C=CCCC(O)CC1CCCN1.C=O.CC.CC.CO. The summed E-state index contributed by atoms with van der Waals surface area (Å²) in [6.07, 6.45) is 8.66. The first-order chi connectivity index (χ1) is 11.2. The minimum Gasteiger partial charge on any atom is -0.400 e. The molecule has 2 atom stereocenters. The van der Waals surface area contributed by atoms with Crippen LogP contribution in [-0.4, -0.2) is 42.8 Å². The number of nitrogens with one attached hydrogen (secondary N) is 1. The predicted molar refractivity (Wildman–Crippen MR) is 105 cm³/mol. The standard InChI is InChI=1S/C10H19NO.C3H6.2C2H6.CH4O.CH2O/c1-2-3-6-10(12)8-9-5-4-7-11-9;1-3-2;4*1-2/h2,9-12H,1,3-8H2;3H,1H2,2H3;2*1-2H3;2H,1H3;1H2. The number of aliphatic hydroxyl groups is 2. The minimum absolute atomic E-state index is 0.140. The Labute approximate surface area is 145 Å². The Balaban J connectivity index is -0.0000000829. The summed E-state index contributed by atoms with van der Waals surface area (Å²) in [7, 11) is 1.00. The molecule has 1 aliphatic rings. The molecule has 0 aromatic rings. The van der Waals surface area contributed by atoms with Crippen molar-refractivity contribution in [2.24, 2.45) is 0 Å². The molecule has 1 fully saturated rings. The van der Waals surface area contributed by atoms with Crippen molar-refractivity contribution < 1.29 is 15.0 Å². The van der Waals surface area contributed by atoms with E-state index in [0.29, 0.717) is 6.04 Å².